The summed E-state index contributed by atoms with van der Waals surface area (Å²) in [6.45, 7) is 2.78. The average molecular weight is 337 g/mol. The van der Waals surface area contributed by atoms with Gasteiger partial charge in [-0.3, -0.25) is 9.59 Å². The van der Waals surface area contributed by atoms with Crippen LogP contribution in [0.1, 0.15) is 12.6 Å². The minimum absolute atomic E-state index is 0.0811. The smallest absolute Gasteiger partial charge is 0.258 e. The van der Waals surface area contributed by atoms with Gasteiger partial charge in [0.15, 0.2) is 11.4 Å². The van der Waals surface area contributed by atoms with Crippen molar-refractivity contribution < 1.29 is 15.0 Å². The summed E-state index contributed by atoms with van der Waals surface area (Å²) in [5, 5.41) is 22.7. The highest BCUT2D eigenvalue weighted by molar-refractivity contribution is 6.32. The maximum Gasteiger partial charge on any atom is 0.258 e. The van der Waals surface area contributed by atoms with Gasteiger partial charge in [0, 0.05) is 11.8 Å². The van der Waals surface area contributed by atoms with Gasteiger partial charge < -0.3 is 20.1 Å². The number of halogens is 1. The summed E-state index contributed by atoms with van der Waals surface area (Å²) in [6, 6.07) is 9.14. The molecule has 0 radical (unpaired) electrons. The lowest BCUT2D eigenvalue weighted by Crippen LogP contribution is -2.46. The number of carbonyl (C=O) groups is 1. The molecule has 0 unspecified atom stereocenters. The van der Waals surface area contributed by atoms with Gasteiger partial charge in [0.1, 0.15) is 0 Å². The van der Waals surface area contributed by atoms with Crippen LogP contribution in [0.25, 0.3) is 0 Å². The van der Waals surface area contributed by atoms with Gasteiger partial charge in [-0.1, -0.05) is 23.7 Å². The number of aryl methyl sites for hydroxylation is 1. The molecule has 0 saturated carbocycles. The van der Waals surface area contributed by atoms with E-state index >= 15 is 0 Å². The van der Waals surface area contributed by atoms with E-state index in [1.165, 1.54) is 29.7 Å². The summed E-state index contributed by atoms with van der Waals surface area (Å²) in [5.41, 5.74) is -1.47. The van der Waals surface area contributed by atoms with E-state index in [1.807, 2.05) is 0 Å². The van der Waals surface area contributed by atoms with Crippen LogP contribution < -0.4 is 10.9 Å². The lowest BCUT2D eigenvalue weighted by Gasteiger charge is -2.24. The molecular formula is C16H17ClN2O4. The van der Waals surface area contributed by atoms with Crippen LogP contribution in [0.15, 0.2) is 41.2 Å². The molecule has 122 valence electrons. The molecular weight excluding hydrogens is 320 g/mol. The second-order valence-corrected chi connectivity index (χ2v) is 5.86. The van der Waals surface area contributed by atoms with Crippen molar-refractivity contribution in [2.24, 2.45) is 0 Å². The number of pyridine rings is 1. The van der Waals surface area contributed by atoms with Crippen LogP contribution in [0.5, 0.6) is 5.75 Å². The number of benzene rings is 1. The van der Waals surface area contributed by atoms with Gasteiger partial charge in [0.05, 0.1) is 17.3 Å². The Balaban J connectivity index is 2.24. The lowest BCUT2D eigenvalue weighted by atomic mass is 10.1. The van der Waals surface area contributed by atoms with E-state index in [-0.39, 0.29) is 28.6 Å². The number of para-hydroxylation sites is 1. The minimum atomic E-state index is -1.86. The number of phenolic OH excluding ortho intramolecular Hbond substituents is 1. The Morgan fingerprint density at radius 3 is 2.61 bits per heavy atom. The van der Waals surface area contributed by atoms with Crippen molar-refractivity contribution in [2.45, 2.75) is 26.0 Å². The molecule has 1 aromatic heterocycles. The first-order chi connectivity index (χ1) is 10.7. The molecule has 0 fully saturated rings. The van der Waals surface area contributed by atoms with Crippen molar-refractivity contribution in [3.05, 3.63) is 57.5 Å². The van der Waals surface area contributed by atoms with Gasteiger partial charge >= 0.3 is 0 Å². The zero-order valence-corrected chi connectivity index (χ0v) is 13.5. The number of aromatic hydroxyl groups is 1. The normalized spacial score (nSPS) is 13.4. The van der Waals surface area contributed by atoms with Crippen LogP contribution in [0.2, 0.25) is 5.02 Å². The Morgan fingerprint density at radius 1 is 1.30 bits per heavy atom. The van der Waals surface area contributed by atoms with Crippen molar-refractivity contribution in [1.29, 1.82) is 0 Å². The molecule has 1 aromatic carbocycles. The van der Waals surface area contributed by atoms with E-state index < -0.39 is 11.5 Å². The third-order valence-corrected chi connectivity index (χ3v) is 3.76. The zero-order chi connectivity index (χ0) is 17.2. The molecule has 0 aliphatic heterocycles. The molecule has 0 bridgehead atoms. The molecule has 0 spiro atoms. The number of aliphatic hydroxyl groups is 1. The monoisotopic (exact) mass is 336 g/mol. The van der Waals surface area contributed by atoms with Crippen molar-refractivity contribution in [3.8, 4) is 5.75 Å². The summed E-state index contributed by atoms with van der Waals surface area (Å²) < 4.78 is 1.30. The first-order valence-electron chi connectivity index (χ1n) is 6.90. The Morgan fingerprint density at radius 2 is 1.96 bits per heavy atom. The first-order valence-corrected chi connectivity index (χ1v) is 7.28. The number of phenols is 1. The van der Waals surface area contributed by atoms with Gasteiger partial charge in [-0.15, -0.1) is 0 Å². The van der Waals surface area contributed by atoms with Gasteiger partial charge in [-0.05, 0) is 32.0 Å². The zero-order valence-electron chi connectivity index (χ0n) is 12.7. The molecule has 2 aromatic rings. The molecule has 3 N–H and O–H groups in total. The van der Waals surface area contributed by atoms with Crippen molar-refractivity contribution in [2.75, 3.05) is 5.32 Å². The van der Waals surface area contributed by atoms with E-state index in [4.69, 9.17) is 11.6 Å². The predicted octanol–water partition coefficient (Wildman–Crippen LogP) is 1.91. The summed E-state index contributed by atoms with van der Waals surface area (Å²) in [6.07, 6.45) is 0. The van der Waals surface area contributed by atoms with Crippen molar-refractivity contribution in [1.82, 2.24) is 4.57 Å². The highest BCUT2D eigenvalue weighted by atomic mass is 35.5. The summed E-state index contributed by atoms with van der Waals surface area (Å²) >= 11 is 5.77. The van der Waals surface area contributed by atoms with Crippen LogP contribution in [0.3, 0.4) is 0 Å². The SMILES string of the molecule is Cc1cccc(=O)n1C[C@](C)(O)C(=O)Nc1cccc(Cl)c1O. The first kappa shape index (κ1) is 17.1. The number of aromatic nitrogens is 1. The number of nitrogens with one attached hydrogen (secondary N) is 1. The van der Waals surface area contributed by atoms with Crippen molar-refractivity contribution in [3.63, 3.8) is 0 Å². The van der Waals surface area contributed by atoms with E-state index in [0.717, 1.165) is 0 Å². The lowest BCUT2D eigenvalue weighted by molar-refractivity contribution is -0.133. The largest absolute Gasteiger partial charge is 0.504 e. The average Bonchev–Trinajstić information content (AvgIpc) is 2.48. The summed E-state index contributed by atoms with van der Waals surface area (Å²) in [5.74, 6) is -1.04. The van der Waals surface area contributed by atoms with Gasteiger partial charge in [-0.25, -0.2) is 0 Å². The number of carbonyl (C=O) groups excluding carboxylic acids is 1. The van der Waals surface area contributed by atoms with Crippen LogP contribution in [-0.2, 0) is 11.3 Å². The summed E-state index contributed by atoms with van der Waals surface area (Å²) in [7, 11) is 0. The predicted molar refractivity (Wildman–Crippen MR) is 87.8 cm³/mol. The molecule has 23 heavy (non-hydrogen) atoms. The minimum Gasteiger partial charge on any atom is -0.504 e. The molecule has 7 heteroatoms. The Kier molecular flexibility index (Phi) is 4.77. The van der Waals surface area contributed by atoms with Crippen LogP contribution >= 0.6 is 11.6 Å². The van der Waals surface area contributed by atoms with E-state index in [9.17, 15) is 19.8 Å². The Labute approximate surface area is 138 Å². The van der Waals surface area contributed by atoms with E-state index in [1.54, 1.807) is 25.1 Å². The summed E-state index contributed by atoms with van der Waals surface area (Å²) in [4.78, 5) is 24.2. The van der Waals surface area contributed by atoms with E-state index in [0.29, 0.717) is 5.69 Å². The standard InChI is InChI=1S/C16H17ClN2O4/c1-10-5-3-8-13(20)19(10)9-16(2,23)15(22)18-12-7-4-6-11(17)14(12)21/h3-8,21,23H,9H2,1-2H3,(H,18,22)/t16-/m0/s1. The molecule has 0 aliphatic rings. The number of amides is 1. The molecule has 1 atom stereocenters. The fourth-order valence-corrected chi connectivity index (χ4v) is 2.25. The fourth-order valence-electron chi connectivity index (χ4n) is 2.08. The van der Waals surface area contributed by atoms with Crippen LogP contribution in [0.4, 0.5) is 5.69 Å². The van der Waals surface area contributed by atoms with Gasteiger partial charge in [0.25, 0.3) is 11.5 Å². The highest BCUT2D eigenvalue weighted by Crippen LogP contribution is 2.31. The number of hydrogen-bond donors (Lipinski definition) is 3. The van der Waals surface area contributed by atoms with Crippen LogP contribution in [0, 0.1) is 6.92 Å². The second kappa shape index (κ2) is 6.44. The number of nitrogens with zero attached hydrogens (tertiary/aromatic N) is 1. The fraction of sp³-hybridized carbons (Fsp3) is 0.250. The highest BCUT2D eigenvalue weighted by Gasteiger charge is 2.32. The maximum atomic E-state index is 12.3. The number of rotatable bonds is 4. The molecule has 1 amide bonds. The third-order valence-electron chi connectivity index (χ3n) is 3.46. The Bertz CT molecular complexity index is 799. The Hall–Kier alpha value is -2.31. The molecule has 0 saturated heterocycles. The molecule has 1 heterocycles. The van der Waals surface area contributed by atoms with Gasteiger partial charge in [0.2, 0.25) is 0 Å². The maximum absolute atomic E-state index is 12.3. The molecule has 0 aliphatic carbocycles. The third kappa shape index (κ3) is 3.72. The molecule has 2 rings (SSSR count). The van der Waals surface area contributed by atoms with E-state index in [2.05, 4.69) is 5.32 Å². The second-order valence-electron chi connectivity index (χ2n) is 5.46. The van der Waals surface area contributed by atoms with Crippen molar-refractivity contribution >= 4 is 23.2 Å². The van der Waals surface area contributed by atoms with Crippen LogP contribution in [-0.4, -0.2) is 26.3 Å². The quantitative estimate of drug-likeness (QED) is 0.744. The molecule has 6 nitrogen and oxygen atoms in total. The topological polar surface area (TPSA) is 91.6 Å². The number of anilines is 1. The van der Waals surface area contributed by atoms with Gasteiger partial charge in [-0.2, -0.15) is 0 Å². The number of hydrogen-bond acceptors (Lipinski definition) is 4.